The number of nitrogens with zero attached hydrogens (tertiary/aromatic N) is 2. The molecule has 0 aromatic heterocycles. The lowest BCUT2D eigenvalue weighted by Crippen LogP contribution is -2.26. The molecule has 1 rings (SSSR count). The zero-order valence-corrected chi connectivity index (χ0v) is 11.9. The highest BCUT2D eigenvalue weighted by molar-refractivity contribution is 8.00. The Morgan fingerprint density at radius 3 is 2.00 bits per heavy atom. The molecular weight excluding hydrogens is 338 g/mol. The Kier molecular flexibility index (Phi) is 5.37. The Morgan fingerprint density at radius 2 is 1.60 bits per heavy atom. The molecule has 0 spiro atoms. The van der Waals surface area contributed by atoms with Gasteiger partial charge in [0.1, 0.15) is 5.69 Å². The minimum absolute atomic E-state index is 0.0256. The third-order valence-electron chi connectivity index (χ3n) is 1.69. The molecule has 0 radical (unpaired) electrons. The standard InChI is InChI=1S/C9H8Cl2F3N5S/c10-4-1-3(20-9(12,13)14)2-5(11)6(4)18-8(17)19-7(15)16/h1-2H,(H6,15,16,17,18,19). The molecule has 0 bridgehead atoms. The molecule has 20 heavy (non-hydrogen) atoms. The van der Waals surface area contributed by atoms with Crippen LogP contribution in [0.3, 0.4) is 0 Å². The molecule has 1 aromatic carbocycles. The van der Waals surface area contributed by atoms with Crippen molar-refractivity contribution < 1.29 is 13.2 Å². The van der Waals surface area contributed by atoms with Crippen LogP contribution in [-0.4, -0.2) is 17.4 Å². The Hall–Kier alpha value is -1.32. The van der Waals surface area contributed by atoms with Gasteiger partial charge in [0.05, 0.1) is 10.0 Å². The maximum Gasteiger partial charge on any atom is 0.446 e. The third-order valence-corrected chi connectivity index (χ3v) is 2.97. The average molecular weight is 346 g/mol. The lowest BCUT2D eigenvalue weighted by Gasteiger charge is -2.08. The van der Waals surface area contributed by atoms with Gasteiger partial charge in [-0.25, -0.2) is 4.99 Å². The summed E-state index contributed by atoms with van der Waals surface area (Å²) in [6.07, 6.45) is 0. The summed E-state index contributed by atoms with van der Waals surface area (Å²) in [4.78, 5) is 6.99. The van der Waals surface area contributed by atoms with E-state index >= 15 is 0 Å². The molecule has 0 atom stereocenters. The molecule has 0 aliphatic rings. The number of alkyl halides is 3. The fourth-order valence-electron chi connectivity index (χ4n) is 1.11. The maximum absolute atomic E-state index is 12.2. The van der Waals surface area contributed by atoms with Gasteiger partial charge >= 0.3 is 5.51 Å². The van der Waals surface area contributed by atoms with Crippen LogP contribution in [0, 0.1) is 0 Å². The lowest BCUT2D eigenvalue weighted by molar-refractivity contribution is -0.0328. The Balaban J connectivity index is 3.16. The Labute approximate surface area is 126 Å². The van der Waals surface area contributed by atoms with Crippen LogP contribution in [0.5, 0.6) is 0 Å². The molecule has 0 amide bonds. The molecule has 0 aliphatic heterocycles. The van der Waals surface area contributed by atoms with Crippen LogP contribution in [0.1, 0.15) is 0 Å². The van der Waals surface area contributed by atoms with Crippen molar-refractivity contribution in [3.05, 3.63) is 22.2 Å². The highest BCUT2D eigenvalue weighted by Gasteiger charge is 2.29. The minimum atomic E-state index is -4.45. The van der Waals surface area contributed by atoms with Crippen molar-refractivity contribution in [2.24, 2.45) is 27.2 Å². The van der Waals surface area contributed by atoms with Crippen molar-refractivity contribution in [1.29, 1.82) is 0 Å². The molecule has 11 heteroatoms. The average Bonchev–Trinajstić information content (AvgIpc) is 2.19. The first-order chi connectivity index (χ1) is 9.08. The van der Waals surface area contributed by atoms with Crippen molar-refractivity contribution in [2.75, 3.05) is 0 Å². The fraction of sp³-hybridized carbons (Fsp3) is 0.111. The van der Waals surface area contributed by atoms with E-state index in [0.717, 1.165) is 12.1 Å². The molecular formula is C9H8Cl2F3N5S. The van der Waals surface area contributed by atoms with E-state index in [1.54, 1.807) is 0 Å². The number of thioether (sulfide) groups is 1. The van der Waals surface area contributed by atoms with E-state index in [0.29, 0.717) is 0 Å². The molecule has 0 heterocycles. The lowest BCUT2D eigenvalue weighted by atomic mass is 10.3. The van der Waals surface area contributed by atoms with E-state index in [9.17, 15) is 13.2 Å². The SMILES string of the molecule is NC(N)=NC(N)=Nc1c(Cl)cc(SC(F)(F)F)cc1Cl. The second-order valence-electron chi connectivity index (χ2n) is 3.29. The van der Waals surface area contributed by atoms with Crippen molar-refractivity contribution >= 4 is 52.6 Å². The molecule has 0 saturated carbocycles. The third kappa shape index (κ3) is 5.35. The molecule has 6 N–H and O–H groups in total. The van der Waals surface area contributed by atoms with Gasteiger partial charge in [0.25, 0.3) is 0 Å². The Bertz CT molecular complexity index is 546. The minimum Gasteiger partial charge on any atom is -0.370 e. The number of rotatable bonds is 2. The summed E-state index contributed by atoms with van der Waals surface area (Å²) in [5.74, 6) is -0.659. The van der Waals surface area contributed by atoms with E-state index in [1.807, 2.05) is 0 Å². The number of hydrogen-bond donors (Lipinski definition) is 3. The zero-order valence-electron chi connectivity index (χ0n) is 9.58. The van der Waals surface area contributed by atoms with Gasteiger partial charge in [0.2, 0.25) is 5.96 Å². The van der Waals surface area contributed by atoms with Crippen molar-refractivity contribution in [2.45, 2.75) is 10.4 Å². The van der Waals surface area contributed by atoms with E-state index < -0.39 is 5.51 Å². The number of nitrogens with two attached hydrogens (primary N) is 3. The van der Waals surface area contributed by atoms with E-state index in [4.69, 9.17) is 40.4 Å². The van der Waals surface area contributed by atoms with Crippen molar-refractivity contribution in [1.82, 2.24) is 0 Å². The highest BCUT2D eigenvalue weighted by atomic mass is 35.5. The monoisotopic (exact) mass is 345 g/mol. The predicted molar refractivity (Wildman–Crippen MR) is 75.5 cm³/mol. The van der Waals surface area contributed by atoms with E-state index in [1.165, 1.54) is 0 Å². The van der Waals surface area contributed by atoms with Crippen molar-refractivity contribution in [3.63, 3.8) is 0 Å². The summed E-state index contributed by atoms with van der Waals surface area (Å²) < 4.78 is 36.7. The summed E-state index contributed by atoms with van der Waals surface area (Å²) in [7, 11) is 0. The topological polar surface area (TPSA) is 103 Å². The van der Waals surface area contributed by atoms with Crippen LogP contribution in [0.4, 0.5) is 18.9 Å². The Morgan fingerprint density at radius 1 is 1.10 bits per heavy atom. The molecule has 0 aliphatic carbocycles. The van der Waals surface area contributed by atoms with Gasteiger partial charge in [-0.3, -0.25) is 0 Å². The second-order valence-corrected chi connectivity index (χ2v) is 5.24. The summed E-state index contributed by atoms with van der Waals surface area (Å²) in [5, 5.41) is -0.226. The number of halogens is 5. The van der Waals surface area contributed by atoms with Gasteiger partial charge in [0.15, 0.2) is 5.96 Å². The van der Waals surface area contributed by atoms with Gasteiger partial charge in [-0.2, -0.15) is 18.2 Å². The van der Waals surface area contributed by atoms with E-state index in [2.05, 4.69) is 9.98 Å². The van der Waals surface area contributed by atoms with Gasteiger partial charge in [-0.15, -0.1) is 0 Å². The van der Waals surface area contributed by atoms with E-state index in [-0.39, 0.29) is 44.3 Å². The molecule has 0 saturated heterocycles. The molecule has 5 nitrogen and oxygen atoms in total. The fourth-order valence-corrected chi connectivity index (χ4v) is 2.44. The largest absolute Gasteiger partial charge is 0.446 e. The van der Waals surface area contributed by atoms with Crippen LogP contribution in [0.25, 0.3) is 0 Å². The molecule has 110 valence electrons. The molecule has 0 unspecified atom stereocenters. The normalized spacial score (nSPS) is 12.3. The van der Waals surface area contributed by atoms with Crippen LogP contribution >= 0.6 is 35.0 Å². The van der Waals surface area contributed by atoms with Crippen LogP contribution in [0.2, 0.25) is 10.0 Å². The number of guanidine groups is 2. The maximum atomic E-state index is 12.2. The first-order valence-corrected chi connectivity index (χ1v) is 6.34. The highest BCUT2D eigenvalue weighted by Crippen LogP contribution is 2.42. The van der Waals surface area contributed by atoms with Crippen LogP contribution in [0.15, 0.2) is 27.0 Å². The number of aliphatic imine (C=N–C) groups is 2. The molecule has 0 fully saturated rings. The zero-order chi connectivity index (χ0) is 15.5. The predicted octanol–water partition coefficient (Wildman–Crippen LogP) is 2.82. The quantitative estimate of drug-likeness (QED) is 0.435. The summed E-state index contributed by atoms with van der Waals surface area (Å²) in [6, 6.07) is 2.13. The number of hydrogen-bond acceptors (Lipinski definition) is 2. The van der Waals surface area contributed by atoms with Gasteiger partial charge in [-0.1, -0.05) is 23.2 Å². The summed E-state index contributed by atoms with van der Waals surface area (Å²) in [6.45, 7) is 0. The van der Waals surface area contributed by atoms with Gasteiger partial charge < -0.3 is 17.2 Å². The smallest absolute Gasteiger partial charge is 0.370 e. The summed E-state index contributed by atoms with van der Waals surface area (Å²) >= 11 is 11.3. The first kappa shape index (κ1) is 16.7. The second kappa shape index (κ2) is 6.42. The number of benzene rings is 1. The van der Waals surface area contributed by atoms with Crippen molar-refractivity contribution in [3.8, 4) is 0 Å². The van der Waals surface area contributed by atoms with Gasteiger partial charge in [-0.05, 0) is 23.9 Å². The van der Waals surface area contributed by atoms with Crippen LogP contribution in [-0.2, 0) is 0 Å². The summed E-state index contributed by atoms with van der Waals surface area (Å²) in [5.41, 5.74) is 11.1. The van der Waals surface area contributed by atoms with Crippen LogP contribution < -0.4 is 17.2 Å². The molecule has 1 aromatic rings. The first-order valence-electron chi connectivity index (χ1n) is 4.77. The van der Waals surface area contributed by atoms with Gasteiger partial charge in [0, 0.05) is 4.90 Å².